The minimum Gasteiger partial charge on any atom is -0.330 e. The molecule has 94 valence electrons. The summed E-state index contributed by atoms with van der Waals surface area (Å²) >= 11 is 5.87. The first-order chi connectivity index (χ1) is 8.28. The largest absolute Gasteiger partial charge is 0.330 e. The third kappa shape index (κ3) is 3.98. The number of piperidine rings is 1. The van der Waals surface area contributed by atoms with Crippen molar-refractivity contribution in [2.24, 2.45) is 11.7 Å². The Hall–Kier alpha value is -0.570. The number of nitrogens with zero attached hydrogens (tertiary/aromatic N) is 1. The highest BCUT2D eigenvalue weighted by Gasteiger charge is 2.17. The quantitative estimate of drug-likeness (QED) is 0.893. The Balaban J connectivity index is 1.79. The van der Waals surface area contributed by atoms with Gasteiger partial charge in [0, 0.05) is 18.1 Å². The standard InChI is InChI=1S/C14H21ClN2/c15-14-5-3-12(4-6-14)7-9-17-8-1-2-13(10-16)11-17/h3-6,13H,1-2,7-11,16H2. The summed E-state index contributed by atoms with van der Waals surface area (Å²) in [5, 5.41) is 0.815. The zero-order valence-electron chi connectivity index (χ0n) is 10.2. The molecule has 0 aliphatic carbocycles. The minimum absolute atomic E-state index is 0.703. The summed E-state index contributed by atoms with van der Waals surface area (Å²) in [6.45, 7) is 4.36. The molecule has 1 unspecified atom stereocenters. The summed E-state index contributed by atoms with van der Waals surface area (Å²) < 4.78 is 0. The summed E-state index contributed by atoms with van der Waals surface area (Å²) in [5.41, 5.74) is 7.11. The Kier molecular flexibility index (Phi) is 4.84. The summed E-state index contributed by atoms with van der Waals surface area (Å²) in [4.78, 5) is 2.54. The number of rotatable bonds is 4. The Morgan fingerprint density at radius 1 is 1.29 bits per heavy atom. The lowest BCUT2D eigenvalue weighted by Gasteiger charge is -2.32. The van der Waals surface area contributed by atoms with Gasteiger partial charge < -0.3 is 10.6 Å². The topological polar surface area (TPSA) is 29.3 Å². The number of halogens is 1. The zero-order chi connectivity index (χ0) is 12.1. The maximum atomic E-state index is 5.87. The average molecular weight is 253 g/mol. The molecule has 1 saturated heterocycles. The van der Waals surface area contributed by atoms with E-state index in [4.69, 9.17) is 17.3 Å². The van der Waals surface area contributed by atoms with Gasteiger partial charge in [-0.1, -0.05) is 23.7 Å². The van der Waals surface area contributed by atoms with Crippen LogP contribution in [-0.2, 0) is 6.42 Å². The second kappa shape index (κ2) is 6.39. The van der Waals surface area contributed by atoms with Crippen LogP contribution in [0, 0.1) is 5.92 Å². The molecule has 3 heteroatoms. The molecular weight excluding hydrogens is 232 g/mol. The molecule has 0 saturated carbocycles. The molecule has 1 aromatic rings. The molecule has 0 amide bonds. The number of nitrogens with two attached hydrogens (primary N) is 1. The van der Waals surface area contributed by atoms with Gasteiger partial charge in [-0.2, -0.15) is 0 Å². The lowest BCUT2D eigenvalue weighted by atomic mass is 9.98. The van der Waals surface area contributed by atoms with Crippen molar-refractivity contribution < 1.29 is 0 Å². The molecule has 17 heavy (non-hydrogen) atoms. The molecule has 2 rings (SSSR count). The van der Waals surface area contributed by atoms with Gasteiger partial charge in [-0.05, 0) is 56.0 Å². The molecule has 1 fully saturated rings. The Bertz CT molecular complexity index is 337. The smallest absolute Gasteiger partial charge is 0.0406 e. The number of hydrogen-bond donors (Lipinski definition) is 1. The fourth-order valence-corrected chi connectivity index (χ4v) is 2.61. The van der Waals surface area contributed by atoms with E-state index < -0.39 is 0 Å². The van der Waals surface area contributed by atoms with Crippen LogP contribution in [0.1, 0.15) is 18.4 Å². The fraction of sp³-hybridized carbons (Fsp3) is 0.571. The zero-order valence-corrected chi connectivity index (χ0v) is 11.0. The second-order valence-corrected chi connectivity index (χ2v) is 5.36. The Labute approximate surface area is 109 Å². The van der Waals surface area contributed by atoms with Crippen molar-refractivity contribution in [3.05, 3.63) is 34.9 Å². The van der Waals surface area contributed by atoms with Crippen LogP contribution in [0.15, 0.2) is 24.3 Å². The first-order valence-corrected chi connectivity index (χ1v) is 6.82. The highest BCUT2D eigenvalue weighted by atomic mass is 35.5. The van der Waals surface area contributed by atoms with E-state index in [0.717, 1.165) is 24.5 Å². The summed E-state index contributed by atoms with van der Waals surface area (Å²) in [5.74, 6) is 0.703. The summed E-state index contributed by atoms with van der Waals surface area (Å²) in [6, 6.07) is 8.17. The van der Waals surface area contributed by atoms with Gasteiger partial charge in [-0.3, -0.25) is 0 Å². The first kappa shape index (κ1) is 12.9. The van der Waals surface area contributed by atoms with Crippen LogP contribution < -0.4 is 5.73 Å². The van der Waals surface area contributed by atoms with Gasteiger partial charge in [0.25, 0.3) is 0 Å². The molecule has 0 spiro atoms. The predicted octanol–water partition coefficient (Wildman–Crippen LogP) is 2.55. The van der Waals surface area contributed by atoms with Crippen molar-refractivity contribution in [1.29, 1.82) is 0 Å². The molecule has 1 atom stereocenters. The van der Waals surface area contributed by atoms with Gasteiger partial charge >= 0.3 is 0 Å². The first-order valence-electron chi connectivity index (χ1n) is 6.45. The van der Waals surface area contributed by atoms with E-state index >= 15 is 0 Å². The average Bonchev–Trinajstić information content (AvgIpc) is 2.38. The highest BCUT2D eigenvalue weighted by Crippen LogP contribution is 2.16. The molecule has 1 aliphatic heterocycles. The lowest BCUT2D eigenvalue weighted by Crippen LogP contribution is -2.39. The number of benzene rings is 1. The molecule has 1 heterocycles. The second-order valence-electron chi connectivity index (χ2n) is 4.92. The van der Waals surface area contributed by atoms with Crippen LogP contribution in [0.4, 0.5) is 0 Å². The van der Waals surface area contributed by atoms with Crippen LogP contribution in [-0.4, -0.2) is 31.1 Å². The van der Waals surface area contributed by atoms with E-state index in [-0.39, 0.29) is 0 Å². The van der Waals surface area contributed by atoms with Crippen molar-refractivity contribution in [2.75, 3.05) is 26.2 Å². The van der Waals surface area contributed by atoms with Crippen molar-refractivity contribution in [3.8, 4) is 0 Å². The van der Waals surface area contributed by atoms with Crippen molar-refractivity contribution in [2.45, 2.75) is 19.3 Å². The highest BCUT2D eigenvalue weighted by molar-refractivity contribution is 6.30. The molecule has 1 aliphatic rings. The van der Waals surface area contributed by atoms with Crippen LogP contribution in [0.25, 0.3) is 0 Å². The van der Waals surface area contributed by atoms with Crippen LogP contribution in [0.3, 0.4) is 0 Å². The fourth-order valence-electron chi connectivity index (χ4n) is 2.49. The molecule has 2 N–H and O–H groups in total. The van der Waals surface area contributed by atoms with E-state index in [1.54, 1.807) is 0 Å². The van der Waals surface area contributed by atoms with E-state index in [9.17, 15) is 0 Å². The maximum Gasteiger partial charge on any atom is 0.0406 e. The predicted molar refractivity (Wildman–Crippen MR) is 73.4 cm³/mol. The van der Waals surface area contributed by atoms with Gasteiger partial charge in [0.1, 0.15) is 0 Å². The van der Waals surface area contributed by atoms with E-state index in [0.29, 0.717) is 5.92 Å². The molecule has 0 aromatic heterocycles. The normalized spacial score (nSPS) is 21.6. The molecule has 0 bridgehead atoms. The van der Waals surface area contributed by atoms with E-state index in [2.05, 4.69) is 17.0 Å². The Morgan fingerprint density at radius 2 is 2.06 bits per heavy atom. The van der Waals surface area contributed by atoms with Gasteiger partial charge in [-0.25, -0.2) is 0 Å². The van der Waals surface area contributed by atoms with Gasteiger partial charge in [0.05, 0.1) is 0 Å². The lowest BCUT2D eigenvalue weighted by molar-refractivity contribution is 0.180. The van der Waals surface area contributed by atoms with E-state index in [1.165, 1.54) is 31.5 Å². The molecule has 1 aromatic carbocycles. The van der Waals surface area contributed by atoms with Crippen LogP contribution in [0.5, 0.6) is 0 Å². The SMILES string of the molecule is NCC1CCCN(CCc2ccc(Cl)cc2)C1. The third-order valence-corrected chi connectivity index (χ3v) is 3.82. The summed E-state index contributed by atoms with van der Waals surface area (Å²) in [7, 11) is 0. The Morgan fingerprint density at radius 3 is 2.76 bits per heavy atom. The van der Waals surface area contributed by atoms with Crippen molar-refractivity contribution in [1.82, 2.24) is 4.90 Å². The number of likely N-dealkylation sites (tertiary alicyclic amines) is 1. The molecule has 0 radical (unpaired) electrons. The molecular formula is C14H21ClN2. The van der Waals surface area contributed by atoms with Gasteiger partial charge in [-0.15, -0.1) is 0 Å². The third-order valence-electron chi connectivity index (χ3n) is 3.57. The van der Waals surface area contributed by atoms with Crippen LogP contribution >= 0.6 is 11.6 Å². The summed E-state index contributed by atoms with van der Waals surface area (Å²) in [6.07, 6.45) is 3.70. The van der Waals surface area contributed by atoms with Crippen molar-refractivity contribution in [3.63, 3.8) is 0 Å². The maximum absolute atomic E-state index is 5.87. The van der Waals surface area contributed by atoms with Crippen molar-refractivity contribution >= 4 is 11.6 Å². The van der Waals surface area contributed by atoms with E-state index in [1.807, 2.05) is 12.1 Å². The monoisotopic (exact) mass is 252 g/mol. The van der Waals surface area contributed by atoms with Gasteiger partial charge in [0.15, 0.2) is 0 Å². The van der Waals surface area contributed by atoms with Crippen LogP contribution in [0.2, 0.25) is 5.02 Å². The molecule has 2 nitrogen and oxygen atoms in total. The van der Waals surface area contributed by atoms with Gasteiger partial charge in [0.2, 0.25) is 0 Å². The minimum atomic E-state index is 0.703. The number of hydrogen-bond acceptors (Lipinski definition) is 2.